The first-order valence-electron chi connectivity index (χ1n) is 13.3. The van der Waals surface area contributed by atoms with Crippen molar-refractivity contribution in [1.29, 1.82) is 0 Å². The number of benzene rings is 3. The van der Waals surface area contributed by atoms with Gasteiger partial charge >= 0.3 is 0 Å². The van der Waals surface area contributed by atoms with Gasteiger partial charge in [0.25, 0.3) is 0 Å². The molecule has 0 saturated carbocycles. The molecule has 8 nitrogen and oxygen atoms in total. The molecule has 3 aromatic carbocycles. The van der Waals surface area contributed by atoms with E-state index in [1.165, 1.54) is 35.4 Å². The predicted molar refractivity (Wildman–Crippen MR) is 163 cm³/mol. The van der Waals surface area contributed by atoms with E-state index in [1.54, 1.807) is 24.3 Å². The summed E-state index contributed by atoms with van der Waals surface area (Å²) in [5.74, 6) is 0.838. The van der Waals surface area contributed by atoms with Crippen LogP contribution < -0.4 is 15.4 Å². The van der Waals surface area contributed by atoms with Gasteiger partial charge in [-0.2, -0.15) is 4.98 Å². The summed E-state index contributed by atoms with van der Waals surface area (Å²) in [5.41, 5.74) is 4.33. The number of nitrogens with zero attached hydrogens (tertiary/aromatic N) is 5. The zero-order valence-electron chi connectivity index (χ0n) is 22.5. The molecule has 0 spiro atoms. The number of piperazine rings is 1. The lowest BCUT2D eigenvalue weighted by molar-refractivity contribution is 0.148. The molecule has 41 heavy (non-hydrogen) atoms. The van der Waals surface area contributed by atoms with E-state index in [2.05, 4.69) is 66.7 Å². The Balaban J connectivity index is 1.10. The van der Waals surface area contributed by atoms with Crippen molar-refractivity contribution in [2.45, 2.75) is 13.2 Å². The molecule has 2 N–H and O–H groups in total. The lowest BCUT2D eigenvalue weighted by atomic mass is 10.2. The van der Waals surface area contributed by atoms with Crippen LogP contribution in [0.1, 0.15) is 11.1 Å². The first-order valence-corrected chi connectivity index (χ1v) is 14.5. The minimum absolute atomic E-state index is 0.215. The van der Waals surface area contributed by atoms with Crippen LogP contribution in [-0.2, 0) is 13.2 Å². The van der Waals surface area contributed by atoms with Crippen molar-refractivity contribution in [3.8, 4) is 5.75 Å². The Bertz CT molecular complexity index is 1640. The molecular weight excluding hydrogens is 561 g/mol. The van der Waals surface area contributed by atoms with E-state index in [-0.39, 0.29) is 12.4 Å². The largest absolute Gasteiger partial charge is 0.487 e. The van der Waals surface area contributed by atoms with Crippen molar-refractivity contribution in [2.75, 3.05) is 43.9 Å². The zero-order valence-corrected chi connectivity index (χ0v) is 24.1. The average Bonchev–Trinajstić information content (AvgIpc) is 3.38. The number of rotatable bonds is 9. The van der Waals surface area contributed by atoms with Crippen LogP contribution in [0.5, 0.6) is 5.75 Å². The highest BCUT2D eigenvalue weighted by atomic mass is 35.5. The molecule has 0 radical (unpaired) electrons. The summed E-state index contributed by atoms with van der Waals surface area (Å²) in [4.78, 5) is 18.3. The Morgan fingerprint density at radius 1 is 0.927 bits per heavy atom. The van der Waals surface area contributed by atoms with Crippen LogP contribution >= 0.6 is 22.9 Å². The Kier molecular flexibility index (Phi) is 8.24. The molecule has 0 atom stereocenters. The van der Waals surface area contributed by atoms with Crippen molar-refractivity contribution < 1.29 is 9.13 Å². The van der Waals surface area contributed by atoms with Crippen LogP contribution in [0, 0.1) is 5.82 Å². The van der Waals surface area contributed by atoms with E-state index in [1.807, 2.05) is 6.07 Å². The van der Waals surface area contributed by atoms with Crippen LogP contribution in [0.4, 0.5) is 26.7 Å². The molecule has 11 heteroatoms. The summed E-state index contributed by atoms with van der Waals surface area (Å²) >= 11 is 7.96. The maximum Gasteiger partial charge on any atom is 0.189 e. The van der Waals surface area contributed by atoms with E-state index < -0.39 is 0 Å². The fourth-order valence-electron chi connectivity index (χ4n) is 4.60. The van der Waals surface area contributed by atoms with Crippen LogP contribution in [0.2, 0.25) is 5.02 Å². The number of fused-ring (bicyclic) bond motifs is 1. The van der Waals surface area contributed by atoms with Crippen molar-refractivity contribution >= 4 is 55.6 Å². The molecule has 6 rings (SSSR count). The van der Waals surface area contributed by atoms with Crippen LogP contribution in [0.25, 0.3) is 10.3 Å². The first kappa shape index (κ1) is 27.3. The molecular formula is C30H29ClFN7OS. The highest BCUT2D eigenvalue weighted by Gasteiger charge is 2.15. The van der Waals surface area contributed by atoms with E-state index in [4.69, 9.17) is 16.3 Å². The van der Waals surface area contributed by atoms with Gasteiger partial charge in [0.15, 0.2) is 16.6 Å². The number of thiazole rings is 1. The fourth-order valence-corrected chi connectivity index (χ4v) is 5.72. The van der Waals surface area contributed by atoms with Crippen LogP contribution in [0.15, 0.2) is 73.1 Å². The number of anilines is 4. The summed E-state index contributed by atoms with van der Waals surface area (Å²) in [6.45, 7) is 5.60. The molecule has 3 heterocycles. The van der Waals surface area contributed by atoms with E-state index >= 15 is 0 Å². The lowest BCUT2D eigenvalue weighted by Crippen LogP contribution is -2.43. The normalized spacial score (nSPS) is 14.3. The lowest BCUT2D eigenvalue weighted by Gasteiger charge is -2.32. The van der Waals surface area contributed by atoms with Gasteiger partial charge in [0.05, 0.1) is 5.02 Å². The summed E-state index contributed by atoms with van der Waals surface area (Å²) < 4.78 is 20.1. The summed E-state index contributed by atoms with van der Waals surface area (Å²) in [7, 11) is 2.17. The molecule has 210 valence electrons. The molecule has 2 aromatic heterocycles. The summed E-state index contributed by atoms with van der Waals surface area (Å²) in [6.07, 6.45) is 1.49. The molecule has 1 aliphatic heterocycles. The highest BCUT2D eigenvalue weighted by Crippen LogP contribution is 2.34. The SMILES string of the molecule is CN1CCN(Cc2ccc(Nc3nc4ncnc(Nc5ccc(OCc6cccc(F)c6)c(Cl)c5)c4s3)cc2)CC1. The quantitative estimate of drug-likeness (QED) is 0.197. The van der Waals surface area contributed by atoms with Gasteiger partial charge in [-0.1, -0.05) is 47.2 Å². The Labute approximate surface area is 246 Å². The molecule has 1 aliphatic rings. The van der Waals surface area contributed by atoms with Gasteiger partial charge in [0, 0.05) is 44.1 Å². The second-order valence-corrected chi connectivity index (χ2v) is 11.4. The molecule has 1 fully saturated rings. The number of aromatic nitrogens is 3. The molecule has 0 unspecified atom stereocenters. The summed E-state index contributed by atoms with van der Waals surface area (Å²) in [6, 6.07) is 20.2. The minimum Gasteiger partial charge on any atom is -0.487 e. The Hall–Kier alpha value is -3.83. The molecule has 1 saturated heterocycles. The third kappa shape index (κ3) is 6.91. The second kappa shape index (κ2) is 12.4. The second-order valence-electron chi connectivity index (χ2n) is 9.98. The van der Waals surface area contributed by atoms with E-state index in [0.717, 1.165) is 59.5 Å². The van der Waals surface area contributed by atoms with Crippen molar-refractivity contribution in [3.05, 3.63) is 95.0 Å². The van der Waals surface area contributed by atoms with Gasteiger partial charge in [0.2, 0.25) is 0 Å². The van der Waals surface area contributed by atoms with Gasteiger partial charge in [-0.05, 0) is 60.6 Å². The smallest absolute Gasteiger partial charge is 0.189 e. The monoisotopic (exact) mass is 589 g/mol. The summed E-state index contributed by atoms with van der Waals surface area (Å²) in [5, 5.41) is 7.88. The zero-order chi connectivity index (χ0) is 28.2. The molecule has 0 aliphatic carbocycles. The number of nitrogens with one attached hydrogen (secondary N) is 2. The maximum absolute atomic E-state index is 13.4. The molecule has 0 bridgehead atoms. The Morgan fingerprint density at radius 3 is 2.51 bits per heavy atom. The van der Waals surface area contributed by atoms with Crippen LogP contribution in [0.3, 0.4) is 0 Å². The minimum atomic E-state index is -0.302. The number of hydrogen-bond acceptors (Lipinski definition) is 9. The van der Waals surface area contributed by atoms with Gasteiger partial charge in [-0.25, -0.2) is 14.4 Å². The third-order valence-corrected chi connectivity index (χ3v) is 8.14. The number of likely N-dealkylation sites (N-methyl/N-ethyl adjacent to an activating group) is 1. The fraction of sp³-hybridized carbons (Fsp3) is 0.233. The first-order chi connectivity index (χ1) is 20.0. The van der Waals surface area contributed by atoms with Crippen molar-refractivity contribution in [2.24, 2.45) is 0 Å². The topological polar surface area (TPSA) is 78.4 Å². The molecule has 5 aromatic rings. The van der Waals surface area contributed by atoms with E-state index in [0.29, 0.717) is 22.2 Å². The highest BCUT2D eigenvalue weighted by molar-refractivity contribution is 7.22. The standard InChI is InChI=1S/C30H29ClFN7OS/c1-38-11-13-39(14-12-38)17-20-5-7-23(8-6-20)36-30-37-29-27(41-30)28(33-19-34-29)35-24-9-10-26(25(31)16-24)40-18-21-3-2-4-22(32)15-21/h2-10,15-16,19H,11-14,17-18H2,1H3,(H2,33,34,35,36,37). The van der Waals surface area contributed by atoms with E-state index in [9.17, 15) is 4.39 Å². The van der Waals surface area contributed by atoms with Crippen molar-refractivity contribution in [1.82, 2.24) is 24.8 Å². The average molecular weight is 590 g/mol. The van der Waals surface area contributed by atoms with Crippen molar-refractivity contribution in [3.63, 3.8) is 0 Å². The molecule has 0 amide bonds. The van der Waals surface area contributed by atoms with Crippen LogP contribution in [-0.4, -0.2) is 58.0 Å². The van der Waals surface area contributed by atoms with Gasteiger partial charge < -0.3 is 20.3 Å². The maximum atomic E-state index is 13.4. The third-order valence-electron chi connectivity index (χ3n) is 6.88. The number of halogens is 2. The van der Waals surface area contributed by atoms with Gasteiger partial charge in [-0.3, -0.25) is 4.90 Å². The van der Waals surface area contributed by atoms with Gasteiger partial charge in [0.1, 0.15) is 29.2 Å². The number of hydrogen-bond donors (Lipinski definition) is 2. The number of ether oxygens (including phenoxy) is 1. The van der Waals surface area contributed by atoms with Gasteiger partial charge in [-0.15, -0.1) is 0 Å². The Morgan fingerprint density at radius 2 is 1.73 bits per heavy atom. The predicted octanol–water partition coefficient (Wildman–Crippen LogP) is 6.69.